The second kappa shape index (κ2) is 6.40. The summed E-state index contributed by atoms with van der Waals surface area (Å²) in [5.74, 6) is 1.78. The molecule has 126 valence electrons. The third-order valence-electron chi connectivity index (χ3n) is 4.87. The van der Waals surface area contributed by atoms with Crippen LogP contribution in [0.3, 0.4) is 0 Å². The number of hydrogen-bond acceptors (Lipinski definition) is 4. The highest BCUT2D eigenvalue weighted by Gasteiger charge is 2.30. The van der Waals surface area contributed by atoms with Crippen LogP contribution in [0.25, 0.3) is 0 Å². The molecule has 1 fully saturated rings. The summed E-state index contributed by atoms with van der Waals surface area (Å²) in [4.78, 5) is 12.3. The van der Waals surface area contributed by atoms with Gasteiger partial charge in [0.25, 0.3) is 0 Å². The van der Waals surface area contributed by atoms with Crippen LogP contribution in [0.2, 0.25) is 0 Å². The molecule has 1 aliphatic carbocycles. The van der Waals surface area contributed by atoms with E-state index in [1.807, 2.05) is 18.2 Å². The number of carbonyl (C=O) groups is 1. The number of benzene rings is 1. The number of hydrogen-bond donors (Lipinski definition) is 2. The summed E-state index contributed by atoms with van der Waals surface area (Å²) in [6, 6.07) is 6.19. The van der Waals surface area contributed by atoms with Crippen LogP contribution in [0.1, 0.15) is 38.7 Å². The van der Waals surface area contributed by atoms with Crippen molar-refractivity contribution in [1.82, 2.24) is 5.32 Å². The van der Waals surface area contributed by atoms with E-state index in [-0.39, 0.29) is 23.3 Å². The first kappa shape index (κ1) is 16.1. The number of ether oxygens (including phenoxy) is 2. The number of fused-ring (bicyclic) bond motifs is 1. The van der Waals surface area contributed by atoms with Crippen molar-refractivity contribution in [3.63, 3.8) is 0 Å². The number of rotatable bonds is 4. The number of nitrogens with two attached hydrogens (primary N) is 1. The monoisotopic (exact) mass is 318 g/mol. The highest BCUT2D eigenvalue weighted by molar-refractivity contribution is 5.79. The molecule has 1 aromatic carbocycles. The summed E-state index contributed by atoms with van der Waals surface area (Å²) in [5, 5.41) is 3.10. The van der Waals surface area contributed by atoms with E-state index in [9.17, 15) is 4.79 Å². The standard InChI is InChI=1S/C18H26N2O3/c1-18(2,11-20-17(21)12-3-5-14(19)9-12)13-4-6-15-16(10-13)23-8-7-22-15/h4,6,10,12,14H,3,5,7-9,11,19H2,1-2H3,(H,20,21). The predicted molar refractivity (Wildman–Crippen MR) is 88.8 cm³/mol. The molecule has 0 spiro atoms. The van der Waals surface area contributed by atoms with Gasteiger partial charge < -0.3 is 20.5 Å². The van der Waals surface area contributed by atoms with Crippen molar-refractivity contribution in [2.75, 3.05) is 19.8 Å². The molecular formula is C18H26N2O3. The molecule has 3 rings (SSSR count). The molecule has 3 N–H and O–H groups in total. The van der Waals surface area contributed by atoms with Gasteiger partial charge in [0.15, 0.2) is 11.5 Å². The smallest absolute Gasteiger partial charge is 0.223 e. The molecule has 1 heterocycles. The third kappa shape index (κ3) is 3.61. The Labute approximate surface area is 137 Å². The molecule has 2 aliphatic rings. The maximum atomic E-state index is 12.3. The van der Waals surface area contributed by atoms with Crippen molar-refractivity contribution in [2.24, 2.45) is 11.7 Å². The van der Waals surface area contributed by atoms with Gasteiger partial charge in [-0.2, -0.15) is 0 Å². The highest BCUT2D eigenvalue weighted by Crippen LogP contribution is 2.35. The molecule has 1 aromatic rings. The number of carbonyl (C=O) groups excluding carboxylic acids is 1. The lowest BCUT2D eigenvalue weighted by molar-refractivity contribution is -0.125. The van der Waals surface area contributed by atoms with Gasteiger partial charge >= 0.3 is 0 Å². The average molecular weight is 318 g/mol. The largest absolute Gasteiger partial charge is 0.486 e. The van der Waals surface area contributed by atoms with E-state index in [4.69, 9.17) is 15.2 Å². The maximum Gasteiger partial charge on any atom is 0.223 e. The molecule has 1 amide bonds. The van der Waals surface area contributed by atoms with Gasteiger partial charge in [0.2, 0.25) is 5.91 Å². The highest BCUT2D eigenvalue weighted by atomic mass is 16.6. The van der Waals surface area contributed by atoms with Crippen molar-refractivity contribution in [3.05, 3.63) is 23.8 Å². The fraction of sp³-hybridized carbons (Fsp3) is 0.611. The van der Waals surface area contributed by atoms with Crippen LogP contribution in [0.5, 0.6) is 11.5 Å². The Kier molecular flexibility index (Phi) is 4.48. The van der Waals surface area contributed by atoms with Gasteiger partial charge in [0.05, 0.1) is 0 Å². The van der Waals surface area contributed by atoms with Crippen molar-refractivity contribution < 1.29 is 14.3 Å². The van der Waals surface area contributed by atoms with Crippen molar-refractivity contribution >= 4 is 5.91 Å². The Morgan fingerprint density at radius 3 is 2.70 bits per heavy atom. The second-order valence-corrected chi connectivity index (χ2v) is 7.23. The molecule has 23 heavy (non-hydrogen) atoms. The van der Waals surface area contributed by atoms with Crippen molar-refractivity contribution in [3.8, 4) is 11.5 Å². The zero-order valence-electron chi connectivity index (χ0n) is 13.9. The summed E-state index contributed by atoms with van der Waals surface area (Å²) < 4.78 is 11.2. The average Bonchev–Trinajstić information content (AvgIpc) is 2.99. The van der Waals surface area contributed by atoms with Crippen molar-refractivity contribution in [1.29, 1.82) is 0 Å². The van der Waals surface area contributed by atoms with Crippen LogP contribution in [0.15, 0.2) is 18.2 Å². The molecular weight excluding hydrogens is 292 g/mol. The minimum atomic E-state index is -0.174. The maximum absolute atomic E-state index is 12.3. The number of nitrogens with one attached hydrogen (secondary N) is 1. The fourth-order valence-corrected chi connectivity index (χ4v) is 3.27. The molecule has 5 heteroatoms. The van der Waals surface area contributed by atoms with E-state index >= 15 is 0 Å². The first-order valence-electron chi connectivity index (χ1n) is 8.39. The lowest BCUT2D eigenvalue weighted by Crippen LogP contribution is -2.39. The van der Waals surface area contributed by atoms with E-state index in [0.29, 0.717) is 19.8 Å². The van der Waals surface area contributed by atoms with Gasteiger partial charge in [-0.15, -0.1) is 0 Å². The summed E-state index contributed by atoms with van der Waals surface area (Å²) >= 11 is 0. The molecule has 0 bridgehead atoms. The zero-order chi connectivity index (χ0) is 16.4. The Morgan fingerprint density at radius 2 is 2.00 bits per heavy atom. The van der Waals surface area contributed by atoms with Gasteiger partial charge in [-0.05, 0) is 37.0 Å². The minimum absolute atomic E-state index is 0.0704. The normalized spacial score (nSPS) is 23.6. The Balaban J connectivity index is 1.63. The molecule has 0 saturated heterocycles. The van der Waals surface area contributed by atoms with Crippen LogP contribution < -0.4 is 20.5 Å². The molecule has 0 aromatic heterocycles. The molecule has 5 nitrogen and oxygen atoms in total. The summed E-state index contributed by atoms with van der Waals surface area (Å²) in [6.45, 7) is 6.01. The molecule has 1 aliphatic heterocycles. The van der Waals surface area contributed by atoms with Crippen LogP contribution in [-0.4, -0.2) is 31.7 Å². The van der Waals surface area contributed by atoms with Crippen LogP contribution in [-0.2, 0) is 10.2 Å². The van der Waals surface area contributed by atoms with E-state index < -0.39 is 0 Å². The SMILES string of the molecule is CC(C)(CNC(=O)C1CCC(N)C1)c1ccc2c(c1)OCCO2. The summed E-state index contributed by atoms with van der Waals surface area (Å²) in [7, 11) is 0. The number of amides is 1. The molecule has 1 saturated carbocycles. The van der Waals surface area contributed by atoms with Crippen LogP contribution in [0.4, 0.5) is 0 Å². The lowest BCUT2D eigenvalue weighted by atomic mass is 9.84. The van der Waals surface area contributed by atoms with Gasteiger partial charge in [-0.25, -0.2) is 0 Å². The fourth-order valence-electron chi connectivity index (χ4n) is 3.27. The Hall–Kier alpha value is -1.75. The van der Waals surface area contributed by atoms with Crippen molar-refractivity contribution in [2.45, 2.75) is 44.6 Å². The van der Waals surface area contributed by atoms with E-state index in [0.717, 1.165) is 36.3 Å². The summed E-state index contributed by atoms with van der Waals surface area (Å²) in [6.07, 6.45) is 2.65. The van der Waals surface area contributed by atoms with Gasteiger partial charge in [-0.1, -0.05) is 19.9 Å². The van der Waals surface area contributed by atoms with Crippen LogP contribution >= 0.6 is 0 Å². The minimum Gasteiger partial charge on any atom is -0.486 e. The zero-order valence-corrected chi connectivity index (χ0v) is 13.9. The van der Waals surface area contributed by atoms with E-state index in [1.54, 1.807) is 0 Å². The first-order chi connectivity index (χ1) is 11.0. The third-order valence-corrected chi connectivity index (χ3v) is 4.87. The Morgan fingerprint density at radius 1 is 1.26 bits per heavy atom. The van der Waals surface area contributed by atoms with Gasteiger partial charge in [0.1, 0.15) is 13.2 Å². The van der Waals surface area contributed by atoms with Crippen LogP contribution in [0, 0.1) is 5.92 Å². The van der Waals surface area contributed by atoms with E-state index in [2.05, 4.69) is 19.2 Å². The van der Waals surface area contributed by atoms with Gasteiger partial charge in [-0.3, -0.25) is 4.79 Å². The van der Waals surface area contributed by atoms with Gasteiger partial charge in [0, 0.05) is 23.9 Å². The quantitative estimate of drug-likeness (QED) is 0.890. The first-order valence-corrected chi connectivity index (χ1v) is 8.39. The lowest BCUT2D eigenvalue weighted by Gasteiger charge is -2.28. The van der Waals surface area contributed by atoms with E-state index in [1.165, 1.54) is 0 Å². The summed E-state index contributed by atoms with van der Waals surface area (Å²) in [5.41, 5.74) is 6.85. The molecule has 2 atom stereocenters. The Bertz CT molecular complexity index is 586. The molecule has 2 unspecified atom stereocenters. The predicted octanol–water partition coefficient (Wildman–Crippen LogP) is 1.98. The topological polar surface area (TPSA) is 73.6 Å². The molecule has 0 radical (unpaired) electrons. The second-order valence-electron chi connectivity index (χ2n) is 7.23.